The molecule has 0 aromatic carbocycles. The van der Waals surface area contributed by atoms with E-state index < -0.39 is 11.5 Å². The quantitative estimate of drug-likeness (QED) is 0.745. The van der Waals surface area contributed by atoms with Crippen molar-refractivity contribution < 1.29 is 9.90 Å². The van der Waals surface area contributed by atoms with Crippen molar-refractivity contribution in [2.45, 2.75) is 58.4 Å². The highest BCUT2D eigenvalue weighted by molar-refractivity contribution is 5.78. The molecule has 1 saturated carbocycles. The van der Waals surface area contributed by atoms with Crippen LogP contribution in [0.2, 0.25) is 0 Å². The minimum Gasteiger partial charge on any atom is -0.480 e. The van der Waals surface area contributed by atoms with Crippen LogP contribution in [0.1, 0.15) is 52.9 Å². The molecule has 1 N–H and O–H groups in total. The van der Waals surface area contributed by atoms with Crippen LogP contribution in [0.3, 0.4) is 0 Å². The molecule has 0 heterocycles. The number of carboxylic acid groups (broad SMARTS) is 1. The normalized spacial score (nSPS) is 20.4. The van der Waals surface area contributed by atoms with Crippen LogP contribution in [0, 0.1) is 11.8 Å². The molecule has 0 aliphatic heterocycles. The van der Waals surface area contributed by atoms with Crippen LogP contribution in [-0.4, -0.2) is 35.1 Å². The van der Waals surface area contributed by atoms with Gasteiger partial charge in [0.25, 0.3) is 0 Å². The predicted molar refractivity (Wildman–Crippen MR) is 70.1 cm³/mol. The summed E-state index contributed by atoms with van der Waals surface area (Å²) < 4.78 is 0. The molecule has 1 unspecified atom stereocenters. The lowest BCUT2D eigenvalue weighted by Crippen LogP contribution is -2.52. The van der Waals surface area contributed by atoms with Gasteiger partial charge in [-0.05, 0) is 51.5 Å². The Morgan fingerprint density at radius 2 is 2.06 bits per heavy atom. The molecular formula is C14H27NO2. The van der Waals surface area contributed by atoms with Crippen molar-refractivity contribution in [3.63, 3.8) is 0 Å². The molecule has 3 heteroatoms. The topological polar surface area (TPSA) is 40.5 Å². The number of nitrogens with zero attached hydrogens (tertiary/aromatic N) is 1. The van der Waals surface area contributed by atoms with E-state index in [4.69, 9.17) is 0 Å². The van der Waals surface area contributed by atoms with Crippen molar-refractivity contribution in [2.24, 2.45) is 11.8 Å². The summed E-state index contributed by atoms with van der Waals surface area (Å²) in [7, 11) is 1.97. The second-order valence-corrected chi connectivity index (χ2v) is 6.19. The van der Waals surface area contributed by atoms with E-state index in [2.05, 4.69) is 18.7 Å². The molecule has 3 nitrogen and oxygen atoms in total. The van der Waals surface area contributed by atoms with Crippen molar-refractivity contribution in [1.82, 2.24) is 4.90 Å². The first kappa shape index (κ1) is 14.5. The molecule has 1 atom stereocenters. The summed E-state index contributed by atoms with van der Waals surface area (Å²) in [6.07, 6.45) is 5.56. The van der Waals surface area contributed by atoms with Crippen LogP contribution in [0.25, 0.3) is 0 Å². The summed E-state index contributed by atoms with van der Waals surface area (Å²) >= 11 is 0. The standard InChI is InChI=1S/C14H27NO2/c1-11(2)8-9-14(3,13(16)17)15(4)10-12-6-5-7-12/h11-12H,5-10H2,1-4H3,(H,16,17). The molecule has 1 aliphatic carbocycles. The second kappa shape index (κ2) is 5.85. The van der Waals surface area contributed by atoms with Crippen LogP contribution in [0.15, 0.2) is 0 Å². The molecule has 0 amide bonds. The fraction of sp³-hybridized carbons (Fsp3) is 0.929. The molecule has 1 rings (SSSR count). The van der Waals surface area contributed by atoms with Crippen molar-refractivity contribution in [3.05, 3.63) is 0 Å². The zero-order valence-electron chi connectivity index (χ0n) is 11.7. The second-order valence-electron chi connectivity index (χ2n) is 6.19. The van der Waals surface area contributed by atoms with Gasteiger partial charge in [-0.25, -0.2) is 0 Å². The van der Waals surface area contributed by atoms with Gasteiger partial charge in [0.2, 0.25) is 0 Å². The highest BCUT2D eigenvalue weighted by Gasteiger charge is 2.38. The highest BCUT2D eigenvalue weighted by atomic mass is 16.4. The van der Waals surface area contributed by atoms with Gasteiger partial charge in [-0.2, -0.15) is 0 Å². The molecule has 0 aromatic heterocycles. The minimum atomic E-state index is -0.695. The molecule has 0 saturated heterocycles. The van der Waals surface area contributed by atoms with Gasteiger partial charge in [-0.1, -0.05) is 20.3 Å². The maximum Gasteiger partial charge on any atom is 0.323 e. The molecular weight excluding hydrogens is 214 g/mol. The van der Waals surface area contributed by atoms with Gasteiger partial charge in [-0.15, -0.1) is 0 Å². The first-order valence-electron chi connectivity index (χ1n) is 6.81. The number of carboxylic acids is 1. The fourth-order valence-electron chi connectivity index (χ4n) is 2.29. The van der Waals surface area contributed by atoms with E-state index >= 15 is 0 Å². The van der Waals surface area contributed by atoms with Crippen LogP contribution < -0.4 is 0 Å². The minimum absolute atomic E-state index is 0.561. The number of hydrogen-bond acceptors (Lipinski definition) is 2. The van der Waals surface area contributed by atoms with E-state index in [1.54, 1.807) is 0 Å². The van der Waals surface area contributed by atoms with Crippen molar-refractivity contribution in [3.8, 4) is 0 Å². The van der Waals surface area contributed by atoms with E-state index in [-0.39, 0.29) is 0 Å². The Hall–Kier alpha value is -0.570. The number of hydrogen-bond donors (Lipinski definition) is 1. The zero-order chi connectivity index (χ0) is 13.1. The summed E-state index contributed by atoms with van der Waals surface area (Å²) in [6, 6.07) is 0. The molecule has 0 spiro atoms. The number of carbonyl (C=O) groups is 1. The first-order valence-corrected chi connectivity index (χ1v) is 6.81. The average Bonchev–Trinajstić information content (AvgIpc) is 2.19. The summed E-state index contributed by atoms with van der Waals surface area (Å²) in [6.45, 7) is 7.10. The molecule has 1 aliphatic rings. The monoisotopic (exact) mass is 241 g/mol. The molecule has 0 bridgehead atoms. The first-order chi connectivity index (χ1) is 7.86. The van der Waals surface area contributed by atoms with Gasteiger partial charge in [0, 0.05) is 6.54 Å². The van der Waals surface area contributed by atoms with Gasteiger partial charge in [0.05, 0.1) is 0 Å². The van der Waals surface area contributed by atoms with E-state index in [1.807, 2.05) is 14.0 Å². The number of likely N-dealkylation sites (N-methyl/N-ethyl adjacent to an activating group) is 1. The number of rotatable bonds is 7. The molecule has 0 aromatic rings. The van der Waals surface area contributed by atoms with Gasteiger partial charge in [0.1, 0.15) is 5.54 Å². The Bertz CT molecular complexity index is 261. The smallest absolute Gasteiger partial charge is 0.323 e. The lowest BCUT2D eigenvalue weighted by Gasteiger charge is -2.39. The molecule has 1 fully saturated rings. The average molecular weight is 241 g/mol. The predicted octanol–water partition coefficient (Wildman–Crippen LogP) is 3.00. The fourth-order valence-corrected chi connectivity index (χ4v) is 2.29. The van der Waals surface area contributed by atoms with E-state index in [0.717, 1.165) is 25.3 Å². The third-order valence-electron chi connectivity index (χ3n) is 4.27. The summed E-state index contributed by atoms with van der Waals surface area (Å²) in [4.78, 5) is 13.6. The van der Waals surface area contributed by atoms with Gasteiger partial charge in [-0.3, -0.25) is 9.69 Å². The summed E-state index contributed by atoms with van der Waals surface area (Å²) in [5.74, 6) is 0.600. The third kappa shape index (κ3) is 3.70. The summed E-state index contributed by atoms with van der Waals surface area (Å²) in [5, 5.41) is 9.48. The maximum atomic E-state index is 11.5. The summed E-state index contributed by atoms with van der Waals surface area (Å²) in [5.41, 5.74) is -0.695. The Balaban J connectivity index is 2.57. The van der Waals surface area contributed by atoms with Crippen LogP contribution in [-0.2, 0) is 4.79 Å². The third-order valence-corrected chi connectivity index (χ3v) is 4.27. The lowest BCUT2D eigenvalue weighted by atomic mass is 9.83. The van der Waals surface area contributed by atoms with Gasteiger partial charge >= 0.3 is 5.97 Å². The van der Waals surface area contributed by atoms with Crippen molar-refractivity contribution in [1.29, 1.82) is 0 Å². The van der Waals surface area contributed by atoms with Crippen LogP contribution in [0.4, 0.5) is 0 Å². The Morgan fingerprint density at radius 1 is 1.47 bits per heavy atom. The van der Waals surface area contributed by atoms with Crippen molar-refractivity contribution in [2.75, 3.05) is 13.6 Å². The number of aliphatic carboxylic acids is 1. The maximum absolute atomic E-state index is 11.5. The Morgan fingerprint density at radius 3 is 2.41 bits per heavy atom. The molecule has 0 radical (unpaired) electrons. The van der Waals surface area contributed by atoms with E-state index in [9.17, 15) is 9.90 Å². The van der Waals surface area contributed by atoms with Crippen molar-refractivity contribution >= 4 is 5.97 Å². The van der Waals surface area contributed by atoms with Crippen LogP contribution >= 0.6 is 0 Å². The molecule has 100 valence electrons. The van der Waals surface area contributed by atoms with Crippen LogP contribution in [0.5, 0.6) is 0 Å². The Kier molecular flexibility index (Phi) is 4.99. The lowest BCUT2D eigenvalue weighted by molar-refractivity contribution is -0.151. The van der Waals surface area contributed by atoms with Gasteiger partial charge in [0.15, 0.2) is 0 Å². The van der Waals surface area contributed by atoms with E-state index in [0.29, 0.717) is 5.92 Å². The zero-order valence-corrected chi connectivity index (χ0v) is 11.7. The SMILES string of the molecule is CC(C)CCC(C)(C(=O)O)N(C)CC1CCC1. The largest absolute Gasteiger partial charge is 0.480 e. The Labute approximate surface area is 105 Å². The van der Waals surface area contributed by atoms with Gasteiger partial charge < -0.3 is 5.11 Å². The van der Waals surface area contributed by atoms with E-state index in [1.165, 1.54) is 19.3 Å². The molecule has 17 heavy (non-hydrogen) atoms. The highest BCUT2D eigenvalue weighted by Crippen LogP contribution is 2.30.